The first-order valence-corrected chi connectivity index (χ1v) is 20.9. The predicted octanol–water partition coefficient (Wildman–Crippen LogP) is 7.63. The number of halogens is 4. The number of hydrogen-bond donors (Lipinski definition) is 3. The molecule has 6 heterocycles. The lowest BCUT2D eigenvalue weighted by Crippen LogP contribution is -2.51. The number of benzene rings is 3. The number of amides is 1. The topological polar surface area (TPSA) is 119 Å². The van der Waals surface area contributed by atoms with Crippen LogP contribution in [-0.2, 0) is 0 Å². The van der Waals surface area contributed by atoms with Crippen molar-refractivity contribution in [2.45, 2.75) is 62.6 Å². The van der Waals surface area contributed by atoms with Crippen molar-refractivity contribution in [1.82, 2.24) is 29.9 Å². The average Bonchev–Trinajstić information content (AvgIpc) is 3.70. The maximum atomic E-state index is 16.4. The maximum absolute atomic E-state index is 16.4. The van der Waals surface area contributed by atoms with E-state index in [4.69, 9.17) is 8.48 Å². The minimum atomic E-state index is -3.03. The van der Waals surface area contributed by atoms with Gasteiger partial charge in [-0.15, -0.1) is 10.2 Å². The number of anilines is 3. The van der Waals surface area contributed by atoms with Gasteiger partial charge in [0.1, 0.15) is 11.4 Å². The maximum Gasteiger partial charge on any atom is 0.258 e. The van der Waals surface area contributed by atoms with Crippen molar-refractivity contribution in [2.24, 2.45) is 0 Å². The number of piperidine rings is 3. The summed E-state index contributed by atoms with van der Waals surface area (Å²) in [6.07, 6.45) is 6.51. The molecular weight excluding hydrogens is 787 g/mol. The van der Waals surface area contributed by atoms with Crippen LogP contribution in [0.15, 0.2) is 85.2 Å². The van der Waals surface area contributed by atoms with Crippen LogP contribution in [0.5, 0.6) is 5.75 Å². The van der Waals surface area contributed by atoms with Crippen molar-refractivity contribution >= 4 is 34.0 Å². The number of aromatic nitrogens is 3. The fourth-order valence-electron chi connectivity index (χ4n) is 9.54. The molecule has 0 aliphatic carbocycles. The zero-order valence-corrected chi connectivity index (χ0v) is 34.0. The normalized spacial score (nSPS) is 23.9. The number of fused-ring (bicyclic) bond motifs is 1. The number of nitrogens with zero attached hydrogens (tertiary/aromatic N) is 7. The number of alkyl halides is 3. The van der Waals surface area contributed by atoms with Gasteiger partial charge in [-0.25, -0.2) is 17.6 Å². The number of carbonyl (C=O) groups is 1. The Morgan fingerprint density at radius 3 is 2.51 bits per heavy atom. The molecular formula is C46H51F4N9O2. The summed E-state index contributed by atoms with van der Waals surface area (Å²) < 4.78 is 81.7. The Hall–Kier alpha value is -5.67. The molecule has 0 spiro atoms. The number of phenols is 1. The molecule has 9 rings (SSSR count). The average molecular weight is 840 g/mol. The lowest BCUT2D eigenvalue weighted by Gasteiger charge is -2.41. The molecule has 3 atom stereocenters. The number of aryl methyl sites for hydroxylation is 1. The lowest BCUT2D eigenvalue weighted by atomic mass is 9.84. The van der Waals surface area contributed by atoms with Gasteiger partial charge in [0.15, 0.2) is 11.6 Å². The van der Waals surface area contributed by atoms with Crippen molar-refractivity contribution in [2.75, 3.05) is 74.5 Å². The van der Waals surface area contributed by atoms with Crippen molar-refractivity contribution in [3.05, 3.63) is 108 Å². The van der Waals surface area contributed by atoms with Gasteiger partial charge in [0.05, 0.1) is 36.5 Å². The van der Waals surface area contributed by atoms with Gasteiger partial charge in [0.25, 0.3) is 11.8 Å². The van der Waals surface area contributed by atoms with Crippen LogP contribution in [-0.4, -0.2) is 106 Å². The Labute approximate surface area is 355 Å². The van der Waals surface area contributed by atoms with Crippen LogP contribution in [0.4, 0.5) is 34.8 Å². The summed E-state index contributed by atoms with van der Waals surface area (Å²) in [6.45, 7) is 2.11. The molecule has 4 N–H and O–H groups in total. The smallest absolute Gasteiger partial charge is 0.258 e. The Bertz CT molecular complexity index is 2540. The number of likely N-dealkylation sites (tertiary alicyclic amines) is 2. The van der Waals surface area contributed by atoms with E-state index in [1.165, 1.54) is 11.0 Å². The number of rotatable bonds is 8. The minimum absolute atomic E-state index is 0.0101. The summed E-state index contributed by atoms with van der Waals surface area (Å²) >= 11 is 0. The molecule has 61 heavy (non-hydrogen) atoms. The quantitative estimate of drug-likeness (QED) is 0.136. The van der Waals surface area contributed by atoms with Gasteiger partial charge in [0, 0.05) is 108 Å². The number of nitrogens with two attached hydrogens (primary N) is 1. The molecule has 15 heteroatoms. The van der Waals surface area contributed by atoms with Crippen LogP contribution in [0.25, 0.3) is 22.2 Å². The SMILES string of the molecule is [2H]C1C=CN(c2ccc3c(ccn3C3CCN(CC4(F)CCN(C(=O)c5ccc(C6CN(c7cc(-c8ccccc8O)nnc7N)CCC6(F)F)c(C)c5)CC4)CC3)c2F)[C@H]([2H])N1. The summed E-state index contributed by atoms with van der Waals surface area (Å²) in [7, 11) is 0. The van der Waals surface area contributed by atoms with E-state index in [0.29, 0.717) is 52.1 Å². The van der Waals surface area contributed by atoms with Gasteiger partial charge in [-0.1, -0.05) is 24.3 Å². The highest BCUT2D eigenvalue weighted by molar-refractivity contribution is 5.94. The highest BCUT2D eigenvalue weighted by Crippen LogP contribution is 2.44. The standard InChI is InChI=1S/C46H51F4N9O2/c1-30-25-31(7-8-33(30)36-27-57(24-16-46(36,49)50)40-26-37(53-54-43(40)51)34-5-2-3-6-41(34)60)44(61)56-22-14-45(48,15-23-56)28-55-19-11-32(12-20-55)59-21-13-35-38(59)9-10-39(42(35)47)58-18-4-17-52-29-58/h2-10,13,18,21,25-26,32,36,52,60H,11-12,14-17,19-20,22-24,27-29H2,1H3,(H2,51,54)/i17D,29D/t17?,29-,36?/m1/s1. The number of phenolic OH excluding ortho intramolecular Hbond substituents is 1. The molecule has 5 aromatic rings. The molecule has 2 unspecified atom stereocenters. The van der Waals surface area contributed by atoms with Gasteiger partial charge in [-0.05, 0) is 79.4 Å². The van der Waals surface area contributed by atoms with Gasteiger partial charge in [0.2, 0.25) is 0 Å². The van der Waals surface area contributed by atoms with E-state index in [1.54, 1.807) is 83.6 Å². The number of para-hydroxylation sites is 1. The fourth-order valence-corrected chi connectivity index (χ4v) is 9.54. The van der Waals surface area contributed by atoms with Crippen LogP contribution in [0.3, 0.4) is 0 Å². The predicted molar refractivity (Wildman–Crippen MR) is 229 cm³/mol. The summed E-state index contributed by atoms with van der Waals surface area (Å²) in [4.78, 5) is 20.8. The number of hydrogen-bond acceptors (Lipinski definition) is 9. The van der Waals surface area contributed by atoms with Gasteiger partial charge in [-0.3, -0.25) is 10.1 Å². The molecule has 0 radical (unpaired) electrons. The molecule has 0 saturated carbocycles. The second-order valence-corrected chi connectivity index (χ2v) is 16.8. The van der Waals surface area contributed by atoms with E-state index in [1.807, 2.05) is 12.3 Å². The third-order valence-corrected chi connectivity index (χ3v) is 13.0. The Balaban J connectivity index is 0.801. The van der Waals surface area contributed by atoms with E-state index in [-0.39, 0.29) is 74.8 Å². The van der Waals surface area contributed by atoms with Crippen LogP contribution in [0, 0.1) is 12.7 Å². The second kappa shape index (κ2) is 16.3. The van der Waals surface area contributed by atoms with Crippen LogP contribution in [0.1, 0.15) is 68.3 Å². The van der Waals surface area contributed by atoms with Gasteiger partial charge >= 0.3 is 0 Å². The van der Waals surface area contributed by atoms with Gasteiger partial charge in [-0.2, -0.15) is 0 Å². The van der Waals surface area contributed by atoms with E-state index in [0.717, 1.165) is 18.4 Å². The molecule has 11 nitrogen and oxygen atoms in total. The first-order valence-electron chi connectivity index (χ1n) is 22.1. The summed E-state index contributed by atoms with van der Waals surface area (Å²) in [5.41, 5.74) is 8.39. The Morgan fingerprint density at radius 2 is 1.75 bits per heavy atom. The summed E-state index contributed by atoms with van der Waals surface area (Å²) in [6, 6.07) is 18.6. The fraction of sp³-hybridized carbons (Fsp3) is 0.413. The highest BCUT2D eigenvalue weighted by atomic mass is 19.3. The number of nitrogen functional groups attached to an aromatic ring is 1. The molecule has 3 saturated heterocycles. The third-order valence-electron chi connectivity index (χ3n) is 13.0. The van der Waals surface area contributed by atoms with E-state index >= 15 is 17.6 Å². The van der Waals surface area contributed by atoms with Crippen molar-refractivity contribution < 1.29 is 30.2 Å². The largest absolute Gasteiger partial charge is 0.507 e. The first kappa shape index (κ1) is 38.3. The summed E-state index contributed by atoms with van der Waals surface area (Å²) in [5, 5.41) is 21.8. The van der Waals surface area contributed by atoms with Gasteiger partial charge < -0.3 is 35.0 Å². The molecule has 3 aromatic carbocycles. The van der Waals surface area contributed by atoms with E-state index in [9.17, 15) is 9.90 Å². The monoisotopic (exact) mass is 839 g/mol. The Morgan fingerprint density at radius 1 is 0.967 bits per heavy atom. The second-order valence-electron chi connectivity index (χ2n) is 16.8. The zero-order valence-electron chi connectivity index (χ0n) is 36.0. The number of aromatic hydroxyl groups is 1. The third kappa shape index (κ3) is 8.00. The lowest BCUT2D eigenvalue weighted by molar-refractivity contribution is -0.0425. The van der Waals surface area contributed by atoms with Crippen molar-refractivity contribution in [3.63, 3.8) is 0 Å². The molecule has 320 valence electrons. The van der Waals surface area contributed by atoms with E-state index in [2.05, 4.69) is 25.0 Å². The highest BCUT2D eigenvalue weighted by Gasteiger charge is 2.46. The first-order chi connectivity index (χ1) is 30.2. The molecule has 0 bridgehead atoms. The van der Waals surface area contributed by atoms with Crippen LogP contribution < -0.4 is 20.9 Å². The van der Waals surface area contributed by atoms with Crippen LogP contribution >= 0.6 is 0 Å². The van der Waals surface area contributed by atoms with Crippen molar-refractivity contribution in [3.8, 4) is 17.0 Å². The molecule has 4 aliphatic heterocycles. The zero-order chi connectivity index (χ0) is 44.2. The number of carbonyl (C=O) groups excluding carboxylic acids is 1. The minimum Gasteiger partial charge on any atom is -0.507 e. The van der Waals surface area contributed by atoms with Crippen LogP contribution in [0.2, 0.25) is 0 Å². The molecule has 4 aliphatic rings. The molecule has 3 fully saturated rings. The summed E-state index contributed by atoms with van der Waals surface area (Å²) in [5.74, 6) is -4.80. The number of nitrogens with one attached hydrogen (secondary N) is 1. The van der Waals surface area contributed by atoms with Crippen molar-refractivity contribution in [1.29, 1.82) is 0 Å². The molecule has 2 aromatic heterocycles. The van der Waals surface area contributed by atoms with E-state index < -0.39 is 42.9 Å². The molecule has 1 amide bonds. The Kier molecular flexibility index (Phi) is 10.2.